The molecule has 0 atom stereocenters. The third kappa shape index (κ3) is 2.92. The predicted octanol–water partition coefficient (Wildman–Crippen LogP) is 0.790. The monoisotopic (exact) mass is 283 g/mol. The van der Waals surface area contributed by atoms with E-state index in [1.807, 2.05) is 31.2 Å². The van der Waals surface area contributed by atoms with Crippen molar-refractivity contribution < 1.29 is 0 Å². The van der Waals surface area contributed by atoms with Gasteiger partial charge in [-0.15, -0.1) is 0 Å². The van der Waals surface area contributed by atoms with E-state index in [1.165, 1.54) is 17.3 Å². The van der Waals surface area contributed by atoms with E-state index in [4.69, 9.17) is 5.84 Å². The summed E-state index contributed by atoms with van der Waals surface area (Å²) in [5.74, 6) is 6.28. The highest BCUT2D eigenvalue weighted by Crippen LogP contribution is 2.16. The van der Waals surface area contributed by atoms with E-state index >= 15 is 0 Å². The lowest BCUT2D eigenvalue weighted by atomic mass is 10.2. The molecule has 0 radical (unpaired) electrons. The Labute approximate surface area is 120 Å². The smallest absolute Gasteiger partial charge is 0.258 e. The largest absolute Gasteiger partial charge is 0.324 e. The van der Waals surface area contributed by atoms with Gasteiger partial charge in [-0.25, -0.2) is 10.8 Å². The average Bonchev–Trinajstić information content (AvgIpc) is 3.01. The highest BCUT2D eigenvalue weighted by molar-refractivity contribution is 5.55. The van der Waals surface area contributed by atoms with Crippen molar-refractivity contribution in [3.63, 3.8) is 0 Å². The minimum absolute atomic E-state index is 0.227. The van der Waals surface area contributed by atoms with Crippen molar-refractivity contribution in [1.29, 1.82) is 0 Å². The Kier molecular flexibility index (Phi) is 3.39. The Bertz CT molecular complexity index is 738. The maximum atomic E-state index is 5.38. The molecule has 9 nitrogen and oxygen atoms in total. The lowest BCUT2D eigenvalue weighted by molar-refractivity contribution is 0.797. The molecule has 0 aliphatic carbocycles. The average molecular weight is 283 g/mol. The van der Waals surface area contributed by atoms with Crippen LogP contribution in [0.4, 0.5) is 17.6 Å². The number of hydrazine groups is 1. The van der Waals surface area contributed by atoms with Crippen molar-refractivity contribution in [3.8, 4) is 5.95 Å². The standard InChI is InChI=1S/C12H13N9/c1-8-3-2-4-9(5-8)16-10-17-11(20-13)19-12(18-10)21-7-14-6-15-21/h2-7H,13H2,1H3,(H2,16,17,18,19,20). The number of benzene rings is 1. The summed E-state index contributed by atoms with van der Waals surface area (Å²) >= 11 is 0. The van der Waals surface area contributed by atoms with Crippen molar-refractivity contribution in [2.24, 2.45) is 5.84 Å². The van der Waals surface area contributed by atoms with Gasteiger partial charge in [0.15, 0.2) is 0 Å². The van der Waals surface area contributed by atoms with E-state index in [2.05, 4.69) is 35.8 Å². The number of hydrogen-bond donors (Lipinski definition) is 3. The first kappa shape index (κ1) is 12.9. The zero-order valence-electron chi connectivity index (χ0n) is 11.2. The number of nitrogens with two attached hydrogens (primary N) is 1. The third-order valence-corrected chi connectivity index (χ3v) is 2.65. The molecular weight excluding hydrogens is 270 g/mol. The molecule has 4 N–H and O–H groups in total. The van der Waals surface area contributed by atoms with Gasteiger partial charge in [-0.2, -0.15) is 24.7 Å². The molecule has 0 unspecified atom stereocenters. The number of aromatic nitrogens is 6. The van der Waals surface area contributed by atoms with Crippen LogP contribution in [0.5, 0.6) is 0 Å². The molecule has 0 spiro atoms. The van der Waals surface area contributed by atoms with E-state index in [0.717, 1.165) is 11.3 Å². The van der Waals surface area contributed by atoms with Crippen LogP contribution in [0.3, 0.4) is 0 Å². The molecule has 2 aromatic heterocycles. The molecule has 0 aliphatic heterocycles. The molecule has 0 saturated carbocycles. The van der Waals surface area contributed by atoms with E-state index < -0.39 is 0 Å². The summed E-state index contributed by atoms with van der Waals surface area (Å²) in [5.41, 5.74) is 4.40. The fraction of sp³-hybridized carbons (Fsp3) is 0.0833. The summed E-state index contributed by atoms with van der Waals surface area (Å²) in [5, 5.41) is 7.08. The van der Waals surface area contributed by atoms with Gasteiger partial charge in [0.25, 0.3) is 5.95 Å². The quantitative estimate of drug-likeness (QED) is 0.475. The number of rotatable bonds is 4. The number of nitrogens with zero attached hydrogens (tertiary/aromatic N) is 6. The molecule has 3 rings (SSSR count). The predicted molar refractivity (Wildman–Crippen MR) is 77.0 cm³/mol. The van der Waals surface area contributed by atoms with Gasteiger partial charge in [0.05, 0.1) is 0 Å². The number of aryl methyl sites for hydroxylation is 1. The van der Waals surface area contributed by atoms with E-state index in [9.17, 15) is 0 Å². The molecule has 2 heterocycles. The van der Waals surface area contributed by atoms with Gasteiger partial charge in [-0.1, -0.05) is 12.1 Å². The Morgan fingerprint density at radius 2 is 2.00 bits per heavy atom. The summed E-state index contributed by atoms with van der Waals surface area (Å²) in [6.07, 6.45) is 2.89. The Balaban J connectivity index is 1.96. The minimum Gasteiger partial charge on any atom is -0.324 e. The van der Waals surface area contributed by atoms with Crippen LogP contribution in [0.2, 0.25) is 0 Å². The topological polar surface area (TPSA) is 119 Å². The van der Waals surface area contributed by atoms with Gasteiger partial charge in [-0.3, -0.25) is 5.43 Å². The van der Waals surface area contributed by atoms with E-state index in [-0.39, 0.29) is 5.95 Å². The first-order valence-electron chi connectivity index (χ1n) is 6.16. The van der Waals surface area contributed by atoms with Crippen LogP contribution >= 0.6 is 0 Å². The minimum atomic E-state index is 0.227. The summed E-state index contributed by atoms with van der Waals surface area (Å²) in [7, 11) is 0. The van der Waals surface area contributed by atoms with Crippen molar-refractivity contribution in [1.82, 2.24) is 29.7 Å². The van der Waals surface area contributed by atoms with Crippen molar-refractivity contribution in [2.45, 2.75) is 6.92 Å². The fourth-order valence-electron chi connectivity index (χ4n) is 1.75. The van der Waals surface area contributed by atoms with Crippen LogP contribution in [0.1, 0.15) is 5.56 Å². The fourth-order valence-corrected chi connectivity index (χ4v) is 1.75. The number of hydrogen-bond acceptors (Lipinski definition) is 8. The van der Waals surface area contributed by atoms with E-state index in [1.54, 1.807) is 0 Å². The van der Waals surface area contributed by atoms with Crippen molar-refractivity contribution >= 4 is 17.6 Å². The maximum Gasteiger partial charge on any atom is 0.258 e. The molecule has 0 amide bonds. The SMILES string of the molecule is Cc1cccc(Nc2nc(NN)nc(-n3cncn3)n2)c1. The van der Waals surface area contributed by atoms with Crippen LogP contribution in [0.25, 0.3) is 5.95 Å². The Morgan fingerprint density at radius 1 is 1.14 bits per heavy atom. The lowest BCUT2D eigenvalue weighted by Gasteiger charge is -2.08. The number of nitrogens with one attached hydrogen (secondary N) is 2. The van der Waals surface area contributed by atoms with Gasteiger partial charge in [-0.05, 0) is 24.6 Å². The molecule has 21 heavy (non-hydrogen) atoms. The van der Waals surface area contributed by atoms with Crippen LogP contribution in [-0.4, -0.2) is 29.7 Å². The molecule has 106 valence electrons. The molecule has 9 heteroatoms. The maximum absolute atomic E-state index is 5.38. The second-order valence-corrected chi connectivity index (χ2v) is 4.26. The summed E-state index contributed by atoms with van der Waals surface area (Å²) in [6, 6.07) is 7.85. The Hall–Kier alpha value is -3.07. The van der Waals surface area contributed by atoms with Crippen LogP contribution < -0.4 is 16.6 Å². The number of anilines is 3. The van der Waals surface area contributed by atoms with Crippen LogP contribution in [-0.2, 0) is 0 Å². The molecule has 3 aromatic rings. The first-order valence-corrected chi connectivity index (χ1v) is 6.16. The Morgan fingerprint density at radius 3 is 2.71 bits per heavy atom. The molecule has 0 aliphatic rings. The third-order valence-electron chi connectivity index (χ3n) is 2.65. The first-order chi connectivity index (χ1) is 10.2. The summed E-state index contributed by atoms with van der Waals surface area (Å²) in [4.78, 5) is 16.4. The molecule has 0 bridgehead atoms. The zero-order valence-corrected chi connectivity index (χ0v) is 11.2. The highest BCUT2D eigenvalue weighted by atomic mass is 15.4. The van der Waals surface area contributed by atoms with E-state index in [0.29, 0.717) is 11.9 Å². The van der Waals surface area contributed by atoms with Gasteiger partial charge < -0.3 is 5.32 Å². The molecule has 0 saturated heterocycles. The van der Waals surface area contributed by atoms with Gasteiger partial charge in [0.2, 0.25) is 11.9 Å². The second kappa shape index (κ2) is 5.51. The molecule has 0 fully saturated rings. The van der Waals surface area contributed by atoms with Gasteiger partial charge in [0.1, 0.15) is 12.7 Å². The summed E-state index contributed by atoms with van der Waals surface area (Å²) < 4.78 is 1.42. The van der Waals surface area contributed by atoms with Crippen LogP contribution in [0.15, 0.2) is 36.9 Å². The highest BCUT2D eigenvalue weighted by Gasteiger charge is 2.08. The molecular formula is C12H13N9. The van der Waals surface area contributed by atoms with Crippen molar-refractivity contribution in [2.75, 3.05) is 10.7 Å². The van der Waals surface area contributed by atoms with Crippen molar-refractivity contribution in [3.05, 3.63) is 42.5 Å². The van der Waals surface area contributed by atoms with Crippen LogP contribution in [0, 0.1) is 6.92 Å². The molecule has 1 aromatic carbocycles. The second-order valence-electron chi connectivity index (χ2n) is 4.26. The lowest BCUT2D eigenvalue weighted by Crippen LogP contribution is -2.15. The van der Waals surface area contributed by atoms with Gasteiger partial charge in [0, 0.05) is 5.69 Å². The number of nitrogen functional groups attached to an aromatic ring is 1. The van der Waals surface area contributed by atoms with Gasteiger partial charge >= 0.3 is 0 Å². The normalized spacial score (nSPS) is 10.4. The summed E-state index contributed by atoms with van der Waals surface area (Å²) in [6.45, 7) is 2.01. The zero-order chi connectivity index (χ0) is 14.7.